The molecule has 0 aliphatic carbocycles. The first-order valence-corrected chi connectivity index (χ1v) is 5.59. The van der Waals surface area contributed by atoms with Gasteiger partial charge in [0.1, 0.15) is 11.1 Å². The fourth-order valence-electron chi connectivity index (χ4n) is 1.66. The Labute approximate surface area is 104 Å². The van der Waals surface area contributed by atoms with Crippen LogP contribution in [-0.4, -0.2) is 26.2 Å². The number of aromatic nitrogens is 3. The monoisotopic (exact) mass is 249 g/mol. The van der Waals surface area contributed by atoms with Gasteiger partial charge < -0.3 is 4.74 Å². The summed E-state index contributed by atoms with van der Waals surface area (Å²) in [5.74, 6) is 0. The van der Waals surface area contributed by atoms with Gasteiger partial charge in [-0.1, -0.05) is 0 Å². The van der Waals surface area contributed by atoms with Crippen molar-refractivity contribution in [2.75, 3.05) is 0 Å². The van der Waals surface area contributed by atoms with Gasteiger partial charge in [0.15, 0.2) is 5.65 Å². The molecule has 6 heteroatoms. The van der Waals surface area contributed by atoms with E-state index in [1.54, 1.807) is 40.0 Å². The summed E-state index contributed by atoms with van der Waals surface area (Å²) >= 11 is 0. The minimum Gasteiger partial charge on any atom is -0.443 e. The minimum absolute atomic E-state index is 0.380. The molecule has 0 saturated carbocycles. The Morgan fingerprint density at radius 1 is 1.44 bits per heavy atom. The summed E-state index contributed by atoms with van der Waals surface area (Å²) in [5, 5.41) is 0. The van der Waals surface area contributed by atoms with Crippen LogP contribution in [0.3, 0.4) is 0 Å². The molecule has 0 amide bonds. The molecule has 0 unspecified atom stereocenters. The summed E-state index contributed by atoms with van der Waals surface area (Å²) in [6.45, 7) is 7.04. The number of H-pyrrole nitrogens is 1. The van der Waals surface area contributed by atoms with Crippen molar-refractivity contribution in [3.05, 3.63) is 28.3 Å². The highest BCUT2D eigenvalue weighted by Crippen LogP contribution is 2.15. The zero-order valence-electron chi connectivity index (χ0n) is 10.8. The average Bonchev–Trinajstić information content (AvgIpc) is 2.53. The van der Waals surface area contributed by atoms with Crippen LogP contribution in [0.5, 0.6) is 0 Å². The molecule has 6 nitrogen and oxygen atoms in total. The third kappa shape index (κ3) is 2.13. The summed E-state index contributed by atoms with van der Waals surface area (Å²) in [6.07, 6.45) is 0.877. The summed E-state index contributed by atoms with van der Waals surface area (Å²) in [5.41, 5.74) is 0.420. The lowest BCUT2D eigenvalue weighted by Crippen LogP contribution is -2.32. The molecule has 0 bridgehead atoms. The highest BCUT2D eigenvalue weighted by atomic mass is 16.6. The first-order valence-electron chi connectivity index (χ1n) is 5.59. The van der Waals surface area contributed by atoms with Crippen LogP contribution in [0.15, 0.2) is 17.1 Å². The van der Waals surface area contributed by atoms with Gasteiger partial charge in [-0.05, 0) is 39.3 Å². The van der Waals surface area contributed by atoms with E-state index < -0.39 is 17.4 Å². The second kappa shape index (κ2) is 3.97. The molecular formula is C12H15N3O3. The van der Waals surface area contributed by atoms with E-state index in [1.165, 1.54) is 0 Å². The number of aryl methyl sites for hydroxylation is 1. The number of hydrogen-bond acceptors (Lipinski definition) is 4. The first-order chi connectivity index (χ1) is 8.29. The molecule has 0 saturated heterocycles. The van der Waals surface area contributed by atoms with Crippen molar-refractivity contribution < 1.29 is 9.53 Å². The summed E-state index contributed by atoms with van der Waals surface area (Å²) in [4.78, 5) is 30.3. The Bertz CT molecular complexity index is 661. The quantitative estimate of drug-likeness (QED) is 0.772. The number of aromatic amines is 1. The van der Waals surface area contributed by atoms with E-state index in [9.17, 15) is 9.59 Å². The molecule has 0 aromatic carbocycles. The molecule has 1 N–H and O–H groups in total. The van der Waals surface area contributed by atoms with Crippen LogP contribution in [-0.2, 0) is 4.74 Å². The molecule has 0 aliphatic rings. The van der Waals surface area contributed by atoms with Crippen molar-refractivity contribution in [3.63, 3.8) is 0 Å². The van der Waals surface area contributed by atoms with Crippen molar-refractivity contribution in [2.24, 2.45) is 0 Å². The first kappa shape index (κ1) is 12.3. The normalized spacial score (nSPS) is 11.8. The lowest BCUT2D eigenvalue weighted by atomic mass is 10.2. The van der Waals surface area contributed by atoms with Crippen LogP contribution in [0.1, 0.15) is 26.3 Å². The maximum Gasteiger partial charge on any atom is 0.423 e. The van der Waals surface area contributed by atoms with Gasteiger partial charge in [-0.15, -0.1) is 0 Å². The topological polar surface area (TPSA) is 77.0 Å². The number of imidazole rings is 1. The van der Waals surface area contributed by atoms with E-state index in [0.29, 0.717) is 11.2 Å². The van der Waals surface area contributed by atoms with Crippen LogP contribution in [0.25, 0.3) is 11.2 Å². The molecule has 0 aliphatic heterocycles. The van der Waals surface area contributed by atoms with Gasteiger partial charge in [0.05, 0.1) is 0 Å². The predicted molar refractivity (Wildman–Crippen MR) is 66.7 cm³/mol. The Morgan fingerprint density at radius 2 is 2.11 bits per heavy atom. The standard InChI is InChI=1S/C12H15N3O3/c1-7-5-6-13-9-8(7)15(10(16)14-9)11(17)18-12(2,3)4/h5-6H,1-4H3,(H,13,14,16). The molecule has 2 aromatic heterocycles. The fraction of sp³-hybridized carbons (Fsp3) is 0.417. The lowest BCUT2D eigenvalue weighted by Gasteiger charge is -2.19. The van der Waals surface area contributed by atoms with E-state index in [4.69, 9.17) is 4.74 Å². The van der Waals surface area contributed by atoms with Gasteiger partial charge in [-0.25, -0.2) is 14.6 Å². The van der Waals surface area contributed by atoms with Crippen LogP contribution >= 0.6 is 0 Å². The molecule has 0 radical (unpaired) electrons. The van der Waals surface area contributed by atoms with E-state index in [1.807, 2.05) is 0 Å². The van der Waals surface area contributed by atoms with Crippen LogP contribution in [0.2, 0.25) is 0 Å². The van der Waals surface area contributed by atoms with Gasteiger partial charge in [-0.3, -0.25) is 4.98 Å². The minimum atomic E-state index is -0.699. The number of hydrogen-bond donors (Lipinski definition) is 1. The Kier molecular flexibility index (Phi) is 2.73. The molecule has 18 heavy (non-hydrogen) atoms. The highest BCUT2D eigenvalue weighted by molar-refractivity contribution is 5.86. The molecule has 0 atom stereocenters. The number of fused-ring (bicyclic) bond motifs is 1. The van der Waals surface area contributed by atoms with Gasteiger partial charge in [-0.2, -0.15) is 4.57 Å². The van der Waals surface area contributed by atoms with Gasteiger partial charge in [0.25, 0.3) is 0 Å². The highest BCUT2D eigenvalue weighted by Gasteiger charge is 2.22. The zero-order chi connectivity index (χ0) is 13.5. The van der Waals surface area contributed by atoms with Crippen LogP contribution in [0, 0.1) is 6.92 Å². The number of nitrogens with one attached hydrogen (secondary N) is 1. The van der Waals surface area contributed by atoms with E-state index in [0.717, 1.165) is 10.1 Å². The fourth-order valence-corrected chi connectivity index (χ4v) is 1.66. The summed E-state index contributed by atoms with van der Waals surface area (Å²) in [6, 6.07) is 1.73. The van der Waals surface area contributed by atoms with Crippen molar-refractivity contribution in [1.82, 2.24) is 14.5 Å². The van der Waals surface area contributed by atoms with Crippen LogP contribution in [0.4, 0.5) is 4.79 Å². The van der Waals surface area contributed by atoms with Crippen LogP contribution < -0.4 is 5.69 Å². The largest absolute Gasteiger partial charge is 0.443 e. The number of pyridine rings is 1. The number of rotatable bonds is 0. The zero-order valence-corrected chi connectivity index (χ0v) is 10.8. The maximum atomic E-state index is 12.0. The average molecular weight is 249 g/mol. The van der Waals surface area contributed by atoms with Gasteiger partial charge in [0.2, 0.25) is 0 Å². The molecule has 2 aromatic rings. The number of carbonyl (C=O) groups is 1. The van der Waals surface area contributed by atoms with Crippen molar-refractivity contribution in [1.29, 1.82) is 0 Å². The number of nitrogens with zero attached hydrogens (tertiary/aromatic N) is 2. The molecule has 96 valence electrons. The molecule has 2 heterocycles. The second-order valence-electron chi connectivity index (χ2n) is 5.07. The Morgan fingerprint density at radius 3 is 2.72 bits per heavy atom. The summed E-state index contributed by atoms with van der Waals surface area (Å²) in [7, 11) is 0. The third-order valence-electron chi connectivity index (χ3n) is 2.35. The SMILES string of the molecule is Cc1ccnc2[nH]c(=O)n(C(=O)OC(C)(C)C)c12. The second-order valence-corrected chi connectivity index (χ2v) is 5.07. The van der Waals surface area contributed by atoms with Crippen molar-refractivity contribution >= 4 is 17.3 Å². The van der Waals surface area contributed by atoms with E-state index >= 15 is 0 Å². The smallest absolute Gasteiger partial charge is 0.423 e. The molecular weight excluding hydrogens is 234 g/mol. The maximum absolute atomic E-state index is 12.0. The molecule has 0 fully saturated rings. The Hall–Kier alpha value is -2.11. The van der Waals surface area contributed by atoms with Crippen molar-refractivity contribution in [2.45, 2.75) is 33.3 Å². The van der Waals surface area contributed by atoms with Gasteiger partial charge in [0, 0.05) is 6.20 Å². The third-order valence-corrected chi connectivity index (χ3v) is 2.35. The number of ether oxygens (including phenoxy) is 1. The van der Waals surface area contributed by atoms with Gasteiger partial charge >= 0.3 is 11.8 Å². The predicted octanol–water partition coefficient (Wildman–Crippen LogP) is 1.82. The Balaban J connectivity index is 2.61. The molecule has 0 spiro atoms. The molecule has 2 rings (SSSR count). The lowest BCUT2D eigenvalue weighted by molar-refractivity contribution is 0.0538. The van der Waals surface area contributed by atoms with E-state index in [-0.39, 0.29) is 0 Å². The summed E-state index contributed by atoms with van der Waals surface area (Å²) < 4.78 is 6.18. The van der Waals surface area contributed by atoms with E-state index in [2.05, 4.69) is 9.97 Å². The number of carbonyl (C=O) groups excluding carboxylic acids is 1. The van der Waals surface area contributed by atoms with Crippen molar-refractivity contribution in [3.8, 4) is 0 Å².